The number of nitrogens with zero attached hydrogens (tertiary/aromatic N) is 1. The van der Waals surface area contributed by atoms with Crippen LogP contribution in [0.5, 0.6) is 5.75 Å². The summed E-state index contributed by atoms with van der Waals surface area (Å²) >= 11 is 6.14. The van der Waals surface area contributed by atoms with Crippen molar-refractivity contribution in [2.75, 3.05) is 6.61 Å². The number of benzene rings is 1. The second-order valence-electron chi connectivity index (χ2n) is 5.55. The van der Waals surface area contributed by atoms with Crippen LogP contribution in [0.1, 0.15) is 30.8 Å². The summed E-state index contributed by atoms with van der Waals surface area (Å²) < 4.78 is 5.55. The van der Waals surface area contributed by atoms with Gasteiger partial charge in [0.2, 0.25) is 5.91 Å². The number of ether oxygens (including phenoxy) is 1. The van der Waals surface area contributed by atoms with Gasteiger partial charge in [0.25, 0.3) is 0 Å². The van der Waals surface area contributed by atoms with Crippen molar-refractivity contribution in [3.8, 4) is 5.75 Å². The molecule has 0 spiro atoms. The Morgan fingerprint density at radius 3 is 2.91 bits per heavy atom. The number of rotatable bonds is 7. The fourth-order valence-corrected chi connectivity index (χ4v) is 2.69. The number of aromatic nitrogens is 2. The summed E-state index contributed by atoms with van der Waals surface area (Å²) in [6.07, 6.45) is 0.920. The maximum absolute atomic E-state index is 12.2. The standard InChI is InChI=1S/C17H22ClN3O2/c1-4-23-17-13(6-5-7-15(17)18)10-16(22)19-11(2)8-14-9-12(3)20-21-14/h5-7,9,11H,4,8,10H2,1-3H3,(H,19,22)(H,20,21)/t11-/m0/s1. The van der Waals surface area contributed by atoms with E-state index in [4.69, 9.17) is 16.3 Å². The van der Waals surface area contributed by atoms with Crippen LogP contribution in [0, 0.1) is 6.92 Å². The highest BCUT2D eigenvalue weighted by atomic mass is 35.5. The van der Waals surface area contributed by atoms with E-state index >= 15 is 0 Å². The highest BCUT2D eigenvalue weighted by Crippen LogP contribution is 2.29. The van der Waals surface area contributed by atoms with Gasteiger partial charge < -0.3 is 10.1 Å². The molecule has 0 fully saturated rings. The third-order valence-corrected chi connectivity index (χ3v) is 3.67. The minimum Gasteiger partial charge on any atom is -0.492 e. The second kappa shape index (κ2) is 8.02. The number of H-pyrrole nitrogens is 1. The van der Waals surface area contributed by atoms with Gasteiger partial charge in [0, 0.05) is 23.7 Å². The largest absolute Gasteiger partial charge is 0.492 e. The topological polar surface area (TPSA) is 67.0 Å². The summed E-state index contributed by atoms with van der Waals surface area (Å²) in [5, 5.41) is 10.6. The average molecular weight is 336 g/mol. The van der Waals surface area contributed by atoms with Crippen molar-refractivity contribution in [3.05, 3.63) is 46.2 Å². The Kier molecular flexibility index (Phi) is 6.04. The molecule has 0 saturated heterocycles. The zero-order valence-corrected chi connectivity index (χ0v) is 14.4. The van der Waals surface area contributed by atoms with Crippen molar-refractivity contribution in [1.82, 2.24) is 15.5 Å². The van der Waals surface area contributed by atoms with Crippen LogP contribution < -0.4 is 10.1 Å². The smallest absolute Gasteiger partial charge is 0.224 e. The van der Waals surface area contributed by atoms with Crippen LogP contribution >= 0.6 is 11.6 Å². The highest BCUT2D eigenvalue weighted by Gasteiger charge is 2.14. The summed E-state index contributed by atoms with van der Waals surface area (Å²) in [7, 11) is 0. The van der Waals surface area contributed by atoms with Gasteiger partial charge in [-0.1, -0.05) is 23.7 Å². The van der Waals surface area contributed by atoms with Crippen LogP contribution in [0.25, 0.3) is 0 Å². The minimum absolute atomic E-state index is 0.0000670. The molecular formula is C17H22ClN3O2. The van der Waals surface area contributed by atoms with E-state index in [2.05, 4.69) is 15.5 Å². The van der Waals surface area contributed by atoms with E-state index in [-0.39, 0.29) is 18.4 Å². The summed E-state index contributed by atoms with van der Waals surface area (Å²) in [5.41, 5.74) is 2.74. The van der Waals surface area contributed by atoms with E-state index in [1.165, 1.54) is 0 Å². The summed E-state index contributed by atoms with van der Waals surface area (Å²) in [6, 6.07) is 7.42. The van der Waals surface area contributed by atoms with Gasteiger partial charge in [-0.2, -0.15) is 5.10 Å². The lowest BCUT2D eigenvalue weighted by Gasteiger charge is -2.15. The van der Waals surface area contributed by atoms with E-state index < -0.39 is 0 Å². The molecule has 0 aliphatic rings. The zero-order chi connectivity index (χ0) is 16.8. The van der Waals surface area contributed by atoms with Gasteiger partial charge in [-0.3, -0.25) is 9.89 Å². The number of hydrogen-bond acceptors (Lipinski definition) is 3. The SMILES string of the molecule is CCOc1c(Cl)cccc1CC(=O)N[C@@H](C)Cc1cc(C)[nH]n1. The molecule has 2 rings (SSSR count). The van der Waals surface area contributed by atoms with Crippen LogP contribution in [-0.4, -0.2) is 28.8 Å². The van der Waals surface area contributed by atoms with Crippen molar-refractivity contribution in [1.29, 1.82) is 0 Å². The minimum atomic E-state index is -0.0621. The van der Waals surface area contributed by atoms with Gasteiger partial charge in [0.1, 0.15) is 5.75 Å². The number of aryl methyl sites for hydroxylation is 1. The van der Waals surface area contributed by atoms with E-state index in [1.807, 2.05) is 39.0 Å². The lowest BCUT2D eigenvalue weighted by molar-refractivity contribution is -0.121. The first-order valence-corrected chi connectivity index (χ1v) is 8.07. The first kappa shape index (κ1) is 17.3. The fraction of sp³-hybridized carbons (Fsp3) is 0.412. The maximum Gasteiger partial charge on any atom is 0.224 e. The summed E-state index contributed by atoms with van der Waals surface area (Å²) in [6.45, 7) is 6.31. The number of para-hydroxylation sites is 1. The molecule has 124 valence electrons. The van der Waals surface area contributed by atoms with Crippen molar-refractivity contribution in [3.63, 3.8) is 0 Å². The zero-order valence-electron chi connectivity index (χ0n) is 13.6. The monoisotopic (exact) mass is 335 g/mol. The molecule has 2 N–H and O–H groups in total. The summed E-state index contributed by atoms with van der Waals surface area (Å²) in [4.78, 5) is 12.2. The lowest BCUT2D eigenvalue weighted by Crippen LogP contribution is -2.35. The van der Waals surface area contributed by atoms with Crippen LogP contribution in [0.3, 0.4) is 0 Å². The first-order valence-electron chi connectivity index (χ1n) is 7.70. The maximum atomic E-state index is 12.2. The molecule has 1 heterocycles. The number of hydrogen-bond donors (Lipinski definition) is 2. The van der Waals surface area contributed by atoms with E-state index in [0.717, 1.165) is 17.0 Å². The predicted molar refractivity (Wildman–Crippen MR) is 91.0 cm³/mol. The molecule has 0 unspecified atom stereocenters. The van der Waals surface area contributed by atoms with Gasteiger partial charge in [-0.05, 0) is 32.9 Å². The van der Waals surface area contributed by atoms with Crippen LogP contribution in [-0.2, 0) is 17.6 Å². The second-order valence-corrected chi connectivity index (χ2v) is 5.96. The number of halogens is 1. The molecule has 1 aromatic carbocycles. The number of aromatic amines is 1. The Balaban J connectivity index is 1.95. The molecule has 5 nitrogen and oxygen atoms in total. The molecule has 0 bridgehead atoms. The molecule has 0 radical (unpaired) electrons. The predicted octanol–water partition coefficient (Wildman–Crippen LogP) is 3.06. The van der Waals surface area contributed by atoms with Gasteiger partial charge in [0.15, 0.2) is 0 Å². The third kappa shape index (κ3) is 4.99. The molecule has 1 amide bonds. The molecule has 23 heavy (non-hydrogen) atoms. The number of amides is 1. The summed E-state index contributed by atoms with van der Waals surface area (Å²) in [5.74, 6) is 0.523. The van der Waals surface area contributed by atoms with Crippen LogP contribution in [0.2, 0.25) is 5.02 Å². The first-order chi connectivity index (χ1) is 11.0. The van der Waals surface area contributed by atoms with Crippen LogP contribution in [0.15, 0.2) is 24.3 Å². The molecule has 0 aliphatic carbocycles. The Morgan fingerprint density at radius 2 is 2.26 bits per heavy atom. The molecular weight excluding hydrogens is 314 g/mol. The molecule has 2 aromatic rings. The molecule has 0 aliphatic heterocycles. The van der Waals surface area contributed by atoms with Crippen LogP contribution in [0.4, 0.5) is 0 Å². The lowest BCUT2D eigenvalue weighted by atomic mass is 10.1. The Bertz CT molecular complexity index is 670. The Labute approximate surface area is 141 Å². The van der Waals surface area contributed by atoms with Crippen molar-refractivity contribution >= 4 is 17.5 Å². The third-order valence-electron chi connectivity index (χ3n) is 3.37. The van der Waals surface area contributed by atoms with Gasteiger partial charge >= 0.3 is 0 Å². The number of carbonyl (C=O) groups excluding carboxylic acids is 1. The van der Waals surface area contributed by atoms with E-state index in [0.29, 0.717) is 23.8 Å². The van der Waals surface area contributed by atoms with Crippen molar-refractivity contribution < 1.29 is 9.53 Å². The van der Waals surface area contributed by atoms with E-state index in [1.54, 1.807) is 6.07 Å². The molecule has 0 saturated carbocycles. The average Bonchev–Trinajstić information content (AvgIpc) is 2.87. The normalized spacial score (nSPS) is 12.0. The molecule has 1 atom stereocenters. The molecule has 6 heteroatoms. The van der Waals surface area contributed by atoms with Crippen molar-refractivity contribution in [2.24, 2.45) is 0 Å². The Hall–Kier alpha value is -2.01. The number of carbonyl (C=O) groups is 1. The molecule has 1 aromatic heterocycles. The van der Waals surface area contributed by atoms with Gasteiger partial charge in [0.05, 0.1) is 23.7 Å². The Morgan fingerprint density at radius 1 is 1.48 bits per heavy atom. The fourth-order valence-electron chi connectivity index (χ4n) is 2.44. The van der Waals surface area contributed by atoms with Gasteiger partial charge in [-0.15, -0.1) is 0 Å². The van der Waals surface area contributed by atoms with Crippen molar-refractivity contribution in [2.45, 2.75) is 39.7 Å². The highest BCUT2D eigenvalue weighted by molar-refractivity contribution is 6.32. The quantitative estimate of drug-likeness (QED) is 0.817. The van der Waals surface area contributed by atoms with Gasteiger partial charge in [-0.25, -0.2) is 0 Å². The number of nitrogens with one attached hydrogen (secondary N) is 2. The van der Waals surface area contributed by atoms with E-state index in [9.17, 15) is 4.79 Å².